The third-order valence-electron chi connectivity index (χ3n) is 6.12. The second-order valence-corrected chi connectivity index (χ2v) is 9.64. The first-order valence-electron chi connectivity index (χ1n) is 11.4. The van der Waals surface area contributed by atoms with Crippen LogP contribution in [0.2, 0.25) is 0 Å². The van der Waals surface area contributed by atoms with Crippen LogP contribution in [0.3, 0.4) is 0 Å². The van der Waals surface area contributed by atoms with Gasteiger partial charge in [-0.15, -0.1) is 0 Å². The molecule has 0 unspecified atom stereocenters. The monoisotopic (exact) mass is 447 g/mol. The molecule has 0 atom stereocenters. The van der Waals surface area contributed by atoms with Gasteiger partial charge in [0.15, 0.2) is 11.6 Å². The van der Waals surface area contributed by atoms with E-state index < -0.39 is 0 Å². The fourth-order valence-corrected chi connectivity index (χ4v) is 4.44. The van der Waals surface area contributed by atoms with Crippen LogP contribution in [0, 0.1) is 12.7 Å². The van der Waals surface area contributed by atoms with E-state index in [1.807, 2.05) is 49.4 Å². The smallest absolute Gasteiger partial charge is 0.166 e. The maximum Gasteiger partial charge on any atom is 0.166 e. The zero-order chi connectivity index (χ0) is 23.9. The quantitative estimate of drug-likeness (QED) is 0.283. The first kappa shape index (κ1) is 21.9. The molecule has 168 valence electrons. The van der Waals surface area contributed by atoms with Gasteiger partial charge in [0.05, 0.1) is 5.56 Å². The molecule has 0 radical (unpaired) electrons. The zero-order valence-electron chi connectivity index (χ0n) is 19.8. The average Bonchev–Trinajstić information content (AvgIpc) is 2.83. The fourth-order valence-electron chi connectivity index (χ4n) is 4.44. The van der Waals surface area contributed by atoms with Crippen LogP contribution in [0.15, 0.2) is 85.2 Å². The van der Waals surface area contributed by atoms with Gasteiger partial charge in [-0.1, -0.05) is 81.4 Å². The summed E-state index contributed by atoms with van der Waals surface area (Å²) < 4.78 is 15.3. The number of nitrogens with zero attached hydrogens (tertiary/aromatic N) is 3. The minimum absolute atomic E-state index is 0.0541. The molecule has 1 aromatic heterocycles. The lowest BCUT2D eigenvalue weighted by Gasteiger charge is -2.22. The van der Waals surface area contributed by atoms with Crippen molar-refractivity contribution in [3.8, 4) is 33.9 Å². The van der Waals surface area contributed by atoms with Crippen LogP contribution in [-0.2, 0) is 5.41 Å². The van der Waals surface area contributed by atoms with Crippen LogP contribution in [0.5, 0.6) is 0 Å². The normalized spacial score (nSPS) is 11.7. The van der Waals surface area contributed by atoms with Crippen molar-refractivity contribution in [2.45, 2.75) is 33.1 Å². The van der Waals surface area contributed by atoms with Crippen molar-refractivity contribution in [3.05, 3.63) is 102 Å². The molecule has 0 amide bonds. The largest absolute Gasteiger partial charge is 0.217 e. The summed E-state index contributed by atoms with van der Waals surface area (Å²) >= 11 is 0. The molecule has 0 saturated carbocycles. The maximum atomic E-state index is 15.3. The second-order valence-electron chi connectivity index (χ2n) is 9.64. The van der Waals surface area contributed by atoms with Crippen molar-refractivity contribution in [3.63, 3.8) is 0 Å². The molecular formula is C30H26FN3. The second kappa shape index (κ2) is 8.45. The van der Waals surface area contributed by atoms with Gasteiger partial charge in [-0.25, -0.2) is 19.3 Å². The average molecular weight is 448 g/mol. The van der Waals surface area contributed by atoms with E-state index in [0.717, 1.165) is 27.6 Å². The molecule has 0 aliphatic heterocycles. The van der Waals surface area contributed by atoms with Gasteiger partial charge in [0, 0.05) is 5.56 Å². The standard InChI is InChI=1S/C30H26FN3/c1-19-14-22(20-10-6-5-7-11-20)17-26(31)27(19)29-33-18-32-28(34-29)23-15-21-12-8-9-13-24(21)25(16-23)30(2,3)4/h5-18H,1-4H3. The van der Waals surface area contributed by atoms with Gasteiger partial charge in [0.25, 0.3) is 0 Å². The number of rotatable bonds is 3. The van der Waals surface area contributed by atoms with Crippen molar-refractivity contribution >= 4 is 10.8 Å². The molecule has 0 aliphatic carbocycles. The lowest BCUT2D eigenvalue weighted by Crippen LogP contribution is -2.12. The third kappa shape index (κ3) is 4.08. The van der Waals surface area contributed by atoms with Crippen LogP contribution in [-0.4, -0.2) is 15.0 Å². The minimum Gasteiger partial charge on any atom is -0.217 e. The molecule has 0 N–H and O–H groups in total. The van der Waals surface area contributed by atoms with Gasteiger partial charge < -0.3 is 0 Å². The summed E-state index contributed by atoms with van der Waals surface area (Å²) in [6, 6.07) is 25.9. The van der Waals surface area contributed by atoms with E-state index in [2.05, 4.69) is 61.1 Å². The van der Waals surface area contributed by atoms with Crippen molar-refractivity contribution < 1.29 is 4.39 Å². The number of halogens is 1. The third-order valence-corrected chi connectivity index (χ3v) is 6.12. The summed E-state index contributed by atoms with van der Waals surface area (Å²) in [6.45, 7) is 8.49. The van der Waals surface area contributed by atoms with E-state index in [4.69, 9.17) is 4.98 Å². The fraction of sp³-hybridized carbons (Fsp3) is 0.167. The molecule has 0 aliphatic rings. The lowest BCUT2D eigenvalue weighted by molar-refractivity contribution is 0.596. The van der Waals surface area contributed by atoms with Crippen LogP contribution < -0.4 is 0 Å². The van der Waals surface area contributed by atoms with E-state index in [0.29, 0.717) is 17.2 Å². The Hall–Kier alpha value is -3.92. The van der Waals surface area contributed by atoms with E-state index in [9.17, 15) is 0 Å². The van der Waals surface area contributed by atoms with Gasteiger partial charge in [-0.3, -0.25) is 0 Å². The highest BCUT2D eigenvalue weighted by atomic mass is 19.1. The van der Waals surface area contributed by atoms with Gasteiger partial charge in [-0.2, -0.15) is 0 Å². The molecule has 1 heterocycles. The van der Waals surface area contributed by atoms with E-state index in [1.54, 1.807) is 6.07 Å². The maximum absolute atomic E-state index is 15.3. The minimum atomic E-state index is -0.343. The summed E-state index contributed by atoms with van der Waals surface area (Å²) in [4.78, 5) is 13.5. The molecule has 4 aromatic carbocycles. The highest BCUT2D eigenvalue weighted by Gasteiger charge is 2.20. The first-order chi connectivity index (χ1) is 16.3. The van der Waals surface area contributed by atoms with Gasteiger partial charge in [0.2, 0.25) is 0 Å². The van der Waals surface area contributed by atoms with E-state index in [1.165, 1.54) is 17.3 Å². The Balaban J connectivity index is 1.63. The van der Waals surface area contributed by atoms with E-state index in [-0.39, 0.29) is 11.2 Å². The molecule has 0 saturated heterocycles. The molecule has 34 heavy (non-hydrogen) atoms. The van der Waals surface area contributed by atoms with Gasteiger partial charge in [0.1, 0.15) is 12.1 Å². The van der Waals surface area contributed by atoms with Crippen LogP contribution >= 0.6 is 0 Å². The lowest BCUT2D eigenvalue weighted by atomic mass is 9.82. The summed E-state index contributed by atoms with van der Waals surface area (Å²) in [7, 11) is 0. The topological polar surface area (TPSA) is 38.7 Å². The molecule has 5 aromatic rings. The van der Waals surface area contributed by atoms with Crippen LogP contribution in [0.1, 0.15) is 31.9 Å². The summed E-state index contributed by atoms with van der Waals surface area (Å²) in [5.41, 5.74) is 5.05. The number of benzene rings is 4. The Kier molecular flexibility index (Phi) is 5.45. The molecular weight excluding hydrogens is 421 g/mol. The molecule has 4 heteroatoms. The molecule has 0 spiro atoms. The number of hydrogen-bond donors (Lipinski definition) is 0. The Bertz CT molecular complexity index is 1480. The predicted molar refractivity (Wildman–Crippen MR) is 137 cm³/mol. The SMILES string of the molecule is Cc1cc(-c2ccccc2)cc(F)c1-c1ncnc(-c2cc(C(C)(C)C)c3ccccc3c2)n1. The summed E-state index contributed by atoms with van der Waals surface area (Å²) in [5.74, 6) is 0.530. The molecule has 3 nitrogen and oxygen atoms in total. The predicted octanol–water partition coefficient (Wildman–Crippen LogP) is 7.77. The Labute approximate surface area is 199 Å². The molecule has 0 fully saturated rings. The summed E-state index contributed by atoms with van der Waals surface area (Å²) in [6.07, 6.45) is 1.47. The number of aromatic nitrogens is 3. The van der Waals surface area contributed by atoms with Crippen molar-refractivity contribution in [1.29, 1.82) is 0 Å². The summed E-state index contributed by atoms with van der Waals surface area (Å²) in [5, 5.41) is 2.34. The number of hydrogen-bond acceptors (Lipinski definition) is 3. The Morgan fingerprint density at radius 3 is 2.15 bits per heavy atom. The van der Waals surface area contributed by atoms with Crippen molar-refractivity contribution in [2.75, 3.05) is 0 Å². The highest BCUT2D eigenvalue weighted by Crippen LogP contribution is 2.35. The van der Waals surface area contributed by atoms with Crippen LogP contribution in [0.25, 0.3) is 44.7 Å². The Morgan fingerprint density at radius 2 is 1.41 bits per heavy atom. The van der Waals surface area contributed by atoms with Gasteiger partial charge >= 0.3 is 0 Å². The molecule has 0 bridgehead atoms. The zero-order valence-corrected chi connectivity index (χ0v) is 19.8. The van der Waals surface area contributed by atoms with Gasteiger partial charge in [-0.05, 0) is 63.6 Å². The number of aryl methyl sites for hydroxylation is 1. The van der Waals surface area contributed by atoms with Crippen molar-refractivity contribution in [1.82, 2.24) is 15.0 Å². The molecule has 5 rings (SSSR count). The van der Waals surface area contributed by atoms with E-state index >= 15 is 4.39 Å². The first-order valence-corrected chi connectivity index (χ1v) is 11.4. The number of fused-ring (bicyclic) bond motifs is 1. The van der Waals surface area contributed by atoms with Crippen molar-refractivity contribution in [2.24, 2.45) is 0 Å². The Morgan fingerprint density at radius 1 is 0.706 bits per heavy atom. The van der Waals surface area contributed by atoms with Crippen LogP contribution in [0.4, 0.5) is 4.39 Å². The highest BCUT2D eigenvalue weighted by molar-refractivity contribution is 5.90.